The van der Waals surface area contributed by atoms with Crippen LogP contribution >= 0.6 is 0 Å². The molecule has 2 aliphatic heterocycles. The first-order valence-corrected chi connectivity index (χ1v) is 11.4. The lowest BCUT2D eigenvalue weighted by atomic mass is 9.94. The molecule has 9 heteroatoms. The Morgan fingerprint density at radius 1 is 1.09 bits per heavy atom. The highest BCUT2D eigenvalue weighted by Crippen LogP contribution is 2.21. The van der Waals surface area contributed by atoms with E-state index < -0.39 is 0 Å². The van der Waals surface area contributed by atoms with E-state index in [0.717, 1.165) is 44.3 Å². The van der Waals surface area contributed by atoms with Crippen molar-refractivity contribution < 1.29 is 18.8 Å². The average molecular weight is 442 g/mol. The monoisotopic (exact) mass is 441 g/mol. The zero-order valence-corrected chi connectivity index (χ0v) is 18.5. The molecule has 4 rings (SSSR count). The number of hydrogen-bond acceptors (Lipinski definition) is 7. The highest BCUT2D eigenvalue weighted by Gasteiger charge is 2.29. The Morgan fingerprint density at radius 3 is 2.50 bits per heavy atom. The molecule has 2 aliphatic rings. The molecule has 0 atom stereocenters. The van der Waals surface area contributed by atoms with Gasteiger partial charge in [0.05, 0.1) is 13.2 Å². The van der Waals surface area contributed by atoms with E-state index in [0.29, 0.717) is 38.0 Å². The second-order valence-corrected chi connectivity index (χ2v) is 8.40. The minimum Gasteiger partial charge on any atom is -0.450 e. The minimum atomic E-state index is -0.262. The Balaban J connectivity index is 1.18. The number of nitrogens with one attached hydrogen (secondary N) is 1. The number of carbonyl (C=O) groups excluding carboxylic acids is 2. The van der Waals surface area contributed by atoms with Crippen molar-refractivity contribution in [1.29, 1.82) is 0 Å². The zero-order valence-electron chi connectivity index (χ0n) is 18.5. The number of piperidine rings is 2. The lowest BCUT2D eigenvalue weighted by Gasteiger charge is -2.34. The van der Waals surface area contributed by atoms with Crippen LogP contribution in [-0.2, 0) is 16.1 Å². The van der Waals surface area contributed by atoms with E-state index in [1.165, 1.54) is 0 Å². The lowest BCUT2D eigenvalue weighted by Crippen LogP contribution is -2.49. The van der Waals surface area contributed by atoms with Gasteiger partial charge in [-0.3, -0.25) is 9.69 Å². The fraction of sp³-hybridized carbons (Fsp3) is 0.565. The number of likely N-dealkylation sites (tertiary alicyclic amines) is 2. The Kier molecular flexibility index (Phi) is 7.36. The summed E-state index contributed by atoms with van der Waals surface area (Å²) in [6.45, 7) is 5.68. The van der Waals surface area contributed by atoms with Crippen molar-refractivity contribution in [3.05, 3.63) is 36.2 Å². The molecule has 0 spiro atoms. The van der Waals surface area contributed by atoms with Gasteiger partial charge in [-0.05, 0) is 45.7 Å². The van der Waals surface area contributed by atoms with Crippen molar-refractivity contribution >= 4 is 12.0 Å². The molecule has 0 radical (unpaired) electrons. The number of ether oxygens (including phenoxy) is 1. The Bertz CT molecular complexity index is 887. The molecule has 1 aromatic heterocycles. The summed E-state index contributed by atoms with van der Waals surface area (Å²) in [6, 6.07) is 9.90. The van der Waals surface area contributed by atoms with Crippen molar-refractivity contribution in [2.75, 3.05) is 32.8 Å². The predicted octanol–water partition coefficient (Wildman–Crippen LogP) is 2.69. The van der Waals surface area contributed by atoms with Crippen molar-refractivity contribution in [2.24, 2.45) is 5.92 Å². The molecule has 0 saturated carbocycles. The molecule has 2 saturated heterocycles. The molecule has 0 bridgehead atoms. The third-order valence-corrected chi connectivity index (χ3v) is 6.18. The first-order valence-electron chi connectivity index (χ1n) is 11.4. The van der Waals surface area contributed by atoms with Gasteiger partial charge in [-0.2, -0.15) is 4.98 Å². The number of carbonyl (C=O) groups is 2. The molecule has 1 aromatic carbocycles. The van der Waals surface area contributed by atoms with Crippen molar-refractivity contribution in [2.45, 2.75) is 45.2 Å². The number of aromatic nitrogens is 2. The van der Waals surface area contributed by atoms with Crippen LogP contribution in [-0.4, -0.2) is 70.8 Å². The van der Waals surface area contributed by atoms with Gasteiger partial charge < -0.3 is 19.5 Å². The maximum Gasteiger partial charge on any atom is 0.409 e. The summed E-state index contributed by atoms with van der Waals surface area (Å²) in [7, 11) is 0. The third-order valence-electron chi connectivity index (χ3n) is 6.18. The summed E-state index contributed by atoms with van der Waals surface area (Å²) < 4.78 is 10.5. The average Bonchev–Trinajstić information content (AvgIpc) is 3.29. The first kappa shape index (κ1) is 22.3. The van der Waals surface area contributed by atoms with Crippen molar-refractivity contribution in [3.63, 3.8) is 0 Å². The van der Waals surface area contributed by atoms with Gasteiger partial charge in [0.1, 0.15) is 0 Å². The Hall–Kier alpha value is -2.94. The van der Waals surface area contributed by atoms with Gasteiger partial charge in [-0.1, -0.05) is 35.5 Å². The van der Waals surface area contributed by atoms with Crippen LogP contribution in [0.4, 0.5) is 4.79 Å². The van der Waals surface area contributed by atoms with Gasteiger partial charge in [0.15, 0.2) is 0 Å². The quantitative estimate of drug-likeness (QED) is 0.735. The van der Waals surface area contributed by atoms with Crippen molar-refractivity contribution in [3.8, 4) is 11.4 Å². The van der Waals surface area contributed by atoms with E-state index in [2.05, 4.69) is 20.4 Å². The number of rotatable bonds is 6. The third kappa shape index (κ3) is 5.64. The second-order valence-electron chi connectivity index (χ2n) is 8.40. The summed E-state index contributed by atoms with van der Waals surface area (Å²) in [5, 5.41) is 7.27. The molecule has 9 nitrogen and oxygen atoms in total. The zero-order chi connectivity index (χ0) is 22.3. The molecule has 1 N–H and O–H groups in total. The lowest BCUT2D eigenvalue weighted by molar-refractivity contribution is -0.127. The number of nitrogens with zero attached hydrogens (tertiary/aromatic N) is 4. The highest BCUT2D eigenvalue weighted by molar-refractivity contribution is 5.79. The molecule has 2 aromatic rings. The standard InChI is InChI=1S/C23H31N5O4/c1-2-31-23(30)28-14-10-19(11-15-28)24-22(29)18-8-12-27(13-9-18)16-20-25-21(26-32-20)17-6-4-3-5-7-17/h3-7,18-19H,2,8-16H2,1H3,(H,24,29). The van der Waals surface area contributed by atoms with Crippen molar-refractivity contribution in [1.82, 2.24) is 25.3 Å². The summed E-state index contributed by atoms with van der Waals surface area (Å²) in [5.41, 5.74) is 0.936. The maximum atomic E-state index is 12.7. The first-order chi connectivity index (χ1) is 15.6. The second kappa shape index (κ2) is 10.6. The normalized spacial score (nSPS) is 18.5. The molecular weight excluding hydrogens is 410 g/mol. The van der Waals surface area contributed by atoms with Gasteiger partial charge in [0, 0.05) is 30.6 Å². The molecule has 0 unspecified atom stereocenters. The maximum absolute atomic E-state index is 12.7. The predicted molar refractivity (Wildman–Crippen MR) is 117 cm³/mol. The molecule has 172 valence electrons. The summed E-state index contributed by atoms with van der Waals surface area (Å²) >= 11 is 0. The van der Waals surface area contributed by atoms with Gasteiger partial charge in [0.25, 0.3) is 0 Å². The van der Waals surface area contributed by atoms with E-state index in [1.54, 1.807) is 11.8 Å². The smallest absolute Gasteiger partial charge is 0.409 e. The SMILES string of the molecule is CCOC(=O)N1CCC(NC(=O)C2CCN(Cc3nc(-c4ccccc4)no3)CC2)CC1. The minimum absolute atomic E-state index is 0.0249. The van der Waals surface area contributed by atoms with Crippen LogP contribution in [0.25, 0.3) is 11.4 Å². The van der Waals surface area contributed by atoms with Crippen LogP contribution in [0.2, 0.25) is 0 Å². The van der Waals surface area contributed by atoms with Gasteiger partial charge in [-0.15, -0.1) is 0 Å². The van der Waals surface area contributed by atoms with E-state index in [4.69, 9.17) is 9.26 Å². The van der Waals surface area contributed by atoms with Crippen LogP contribution in [0.15, 0.2) is 34.9 Å². The summed E-state index contributed by atoms with van der Waals surface area (Å²) in [5.74, 6) is 1.35. The van der Waals surface area contributed by atoms with Crippen LogP contribution in [0.5, 0.6) is 0 Å². The van der Waals surface area contributed by atoms with Gasteiger partial charge in [-0.25, -0.2) is 4.79 Å². The van der Waals surface area contributed by atoms with E-state index >= 15 is 0 Å². The van der Waals surface area contributed by atoms with Crippen LogP contribution in [0.1, 0.15) is 38.5 Å². The van der Waals surface area contributed by atoms with E-state index in [9.17, 15) is 9.59 Å². The van der Waals surface area contributed by atoms with Crippen LogP contribution in [0, 0.1) is 5.92 Å². The molecule has 2 amide bonds. The molecule has 2 fully saturated rings. The topological polar surface area (TPSA) is 101 Å². The van der Waals surface area contributed by atoms with Gasteiger partial charge in [0.2, 0.25) is 17.6 Å². The van der Waals surface area contributed by atoms with E-state index in [-0.39, 0.29) is 24.0 Å². The summed E-state index contributed by atoms with van der Waals surface area (Å²) in [6.07, 6.45) is 2.90. The Labute approximate surface area is 188 Å². The highest BCUT2D eigenvalue weighted by atomic mass is 16.6. The molecular formula is C23H31N5O4. The number of hydrogen-bond donors (Lipinski definition) is 1. The van der Waals surface area contributed by atoms with Crippen LogP contribution < -0.4 is 5.32 Å². The Morgan fingerprint density at radius 2 is 1.81 bits per heavy atom. The molecule has 32 heavy (non-hydrogen) atoms. The fourth-order valence-electron chi connectivity index (χ4n) is 4.31. The molecule has 3 heterocycles. The largest absolute Gasteiger partial charge is 0.450 e. The fourth-order valence-corrected chi connectivity index (χ4v) is 4.31. The summed E-state index contributed by atoms with van der Waals surface area (Å²) in [4.78, 5) is 33.0. The van der Waals surface area contributed by atoms with Crippen LogP contribution in [0.3, 0.4) is 0 Å². The number of benzene rings is 1. The number of amides is 2. The molecule has 0 aliphatic carbocycles. The van der Waals surface area contributed by atoms with Gasteiger partial charge >= 0.3 is 6.09 Å². The van der Waals surface area contributed by atoms with E-state index in [1.807, 2.05) is 30.3 Å².